The summed E-state index contributed by atoms with van der Waals surface area (Å²) in [7, 11) is -3.56. The van der Waals surface area contributed by atoms with E-state index in [4.69, 9.17) is 11.6 Å². The van der Waals surface area contributed by atoms with E-state index in [1.807, 2.05) is 0 Å². The number of carbonyl (C=O) groups is 1. The van der Waals surface area contributed by atoms with E-state index in [-0.39, 0.29) is 20.5 Å². The van der Waals surface area contributed by atoms with Crippen molar-refractivity contribution in [3.8, 4) is 0 Å². The van der Waals surface area contributed by atoms with Crippen molar-refractivity contribution >= 4 is 54.5 Å². The van der Waals surface area contributed by atoms with Gasteiger partial charge in [0.25, 0.3) is 5.91 Å². The van der Waals surface area contributed by atoms with Gasteiger partial charge < -0.3 is 5.32 Å². The second-order valence-corrected chi connectivity index (χ2v) is 8.70. The lowest BCUT2D eigenvalue weighted by atomic mass is 10.2. The van der Waals surface area contributed by atoms with Crippen molar-refractivity contribution in [1.82, 2.24) is 0 Å². The van der Waals surface area contributed by atoms with Gasteiger partial charge in [0.2, 0.25) is 0 Å². The van der Waals surface area contributed by atoms with Gasteiger partial charge in [-0.3, -0.25) is 4.79 Å². The van der Waals surface area contributed by atoms with Crippen LogP contribution in [0, 0.1) is 11.6 Å². The monoisotopic (exact) mass is 401 g/mol. The fourth-order valence-electron chi connectivity index (χ4n) is 2.19. The molecule has 9 heteroatoms. The zero-order valence-electron chi connectivity index (χ0n) is 12.6. The molecule has 0 spiro atoms. The van der Waals surface area contributed by atoms with Gasteiger partial charge in [-0.15, -0.1) is 11.3 Å². The van der Waals surface area contributed by atoms with Crippen LogP contribution in [0.3, 0.4) is 0 Å². The SMILES string of the molecule is CS(=O)(=O)c1ccc(F)c(NC(=O)c2sc3cc(F)ccc3c2Cl)c1. The number of rotatable bonds is 3. The van der Waals surface area contributed by atoms with Crippen LogP contribution in [0.2, 0.25) is 5.02 Å². The maximum absolute atomic E-state index is 13.9. The minimum absolute atomic E-state index is 0.0754. The van der Waals surface area contributed by atoms with Crippen molar-refractivity contribution in [2.24, 2.45) is 0 Å². The fourth-order valence-corrected chi connectivity index (χ4v) is 4.28. The maximum atomic E-state index is 13.9. The van der Waals surface area contributed by atoms with E-state index in [1.165, 1.54) is 18.2 Å². The molecule has 2 aromatic carbocycles. The molecule has 0 aliphatic rings. The van der Waals surface area contributed by atoms with Gasteiger partial charge in [0, 0.05) is 16.3 Å². The van der Waals surface area contributed by atoms with Gasteiger partial charge in [-0.25, -0.2) is 17.2 Å². The molecule has 0 unspecified atom stereocenters. The summed E-state index contributed by atoms with van der Waals surface area (Å²) < 4.78 is 50.8. The van der Waals surface area contributed by atoms with Crippen LogP contribution in [0.15, 0.2) is 41.3 Å². The third-order valence-corrected chi connectivity index (χ3v) is 6.18. The maximum Gasteiger partial charge on any atom is 0.267 e. The number of fused-ring (bicyclic) bond motifs is 1. The molecule has 0 saturated heterocycles. The molecule has 25 heavy (non-hydrogen) atoms. The van der Waals surface area contributed by atoms with Crippen LogP contribution in [-0.2, 0) is 9.84 Å². The van der Waals surface area contributed by atoms with Gasteiger partial charge in [-0.05, 0) is 36.4 Å². The van der Waals surface area contributed by atoms with Crippen molar-refractivity contribution < 1.29 is 22.0 Å². The van der Waals surface area contributed by atoms with Crippen molar-refractivity contribution in [3.05, 3.63) is 57.9 Å². The van der Waals surface area contributed by atoms with Crippen molar-refractivity contribution in [3.63, 3.8) is 0 Å². The number of nitrogens with one attached hydrogen (secondary N) is 1. The molecule has 0 aliphatic heterocycles. The summed E-state index contributed by atoms with van der Waals surface area (Å²) in [5, 5.41) is 2.93. The summed E-state index contributed by atoms with van der Waals surface area (Å²) >= 11 is 7.11. The lowest BCUT2D eigenvalue weighted by molar-refractivity contribution is 0.103. The van der Waals surface area contributed by atoms with Crippen LogP contribution < -0.4 is 5.32 Å². The Morgan fingerprint density at radius 2 is 1.88 bits per heavy atom. The summed E-state index contributed by atoms with van der Waals surface area (Å²) in [6, 6.07) is 7.00. The topological polar surface area (TPSA) is 63.2 Å². The highest BCUT2D eigenvalue weighted by molar-refractivity contribution is 7.90. The number of amides is 1. The third kappa shape index (κ3) is 3.51. The highest BCUT2D eigenvalue weighted by atomic mass is 35.5. The predicted octanol–water partition coefficient (Wildman–Crippen LogP) is 4.49. The Bertz CT molecular complexity index is 1110. The summed E-state index contributed by atoms with van der Waals surface area (Å²) in [5.74, 6) is -1.97. The van der Waals surface area contributed by atoms with E-state index in [0.29, 0.717) is 10.1 Å². The van der Waals surface area contributed by atoms with Crippen LogP contribution in [-0.4, -0.2) is 20.6 Å². The lowest BCUT2D eigenvalue weighted by Crippen LogP contribution is -2.12. The molecule has 1 heterocycles. The molecule has 0 saturated carbocycles. The number of benzene rings is 2. The van der Waals surface area contributed by atoms with Gasteiger partial charge >= 0.3 is 0 Å². The minimum atomic E-state index is -3.56. The number of carbonyl (C=O) groups excluding carboxylic acids is 1. The van der Waals surface area contributed by atoms with Crippen LogP contribution in [0.4, 0.5) is 14.5 Å². The Hall–Kier alpha value is -2.03. The Kier molecular flexibility index (Phi) is 4.52. The summed E-state index contributed by atoms with van der Waals surface area (Å²) in [5.41, 5.74) is -0.285. The van der Waals surface area contributed by atoms with Crippen LogP contribution in [0.1, 0.15) is 9.67 Å². The first-order valence-electron chi connectivity index (χ1n) is 6.85. The molecule has 1 N–H and O–H groups in total. The Labute approximate surface area is 151 Å². The Balaban J connectivity index is 1.99. The van der Waals surface area contributed by atoms with Crippen LogP contribution in [0.25, 0.3) is 10.1 Å². The molecular formula is C16H10ClF2NO3S2. The van der Waals surface area contributed by atoms with Crippen molar-refractivity contribution in [2.45, 2.75) is 4.90 Å². The normalized spacial score (nSPS) is 11.7. The quantitative estimate of drug-likeness (QED) is 0.658. The van der Waals surface area contributed by atoms with Gasteiger partial charge in [-0.1, -0.05) is 11.6 Å². The molecular weight excluding hydrogens is 392 g/mol. The molecule has 1 aromatic heterocycles. The highest BCUT2D eigenvalue weighted by Crippen LogP contribution is 2.36. The van der Waals surface area contributed by atoms with Crippen molar-refractivity contribution in [2.75, 3.05) is 11.6 Å². The summed E-state index contributed by atoms with van der Waals surface area (Å²) in [6.07, 6.45) is 0.975. The number of anilines is 1. The predicted molar refractivity (Wildman–Crippen MR) is 94.3 cm³/mol. The van der Waals surface area contributed by atoms with E-state index in [0.717, 1.165) is 35.8 Å². The van der Waals surface area contributed by atoms with Crippen LogP contribution >= 0.6 is 22.9 Å². The first-order chi connectivity index (χ1) is 11.7. The standard InChI is InChI=1S/C16H10ClF2NO3S2/c1-25(22,23)9-3-5-11(19)12(7-9)20-16(21)15-14(17)10-4-2-8(18)6-13(10)24-15/h2-7H,1H3,(H,20,21). The molecule has 0 radical (unpaired) electrons. The van der Waals surface area contributed by atoms with E-state index >= 15 is 0 Å². The molecule has 3 aromatic rings. The first kappa shape index (κ1) is 17.8. The second-order valence-electron chi connectivity index (χ2n) is 5.25. The molecule has 0 bridgehead atoms. The summed E-state index contributed by atoms with van der Waals surface area (Å²) in [6.45, 7) is 0. The molecule has 1 amide bonds. The average molecular weight is 402 g/mol. The third-order valence-electron chi connectivity index (χ3n) is 3.41. The molecule has 0 fully saturated rings. The molecule has 0 aliphatic carbocycles. The molecule has 130 valence electrons. The molecule has 4 nitrogen and oxygen atoms in total. The molecule has 0 atom stereocenters. The van der Waals surface area contributed by atoms with E-state index in [2.05, 4.69) is 5.32 Å². The first-order valence-corrected chi connectivity index (χ1v) is 9.94. The number of hydrogen-bond acceptors (Lipinski definition) is 4. The highest BCUT2D eigenvalue weighted by Gasteiger charge is 2.20. The average Bonchev–Trinajstić information content (AvgIpc) is 2.84. The number of halogens is 3. The largest absolute Gasteiger partial charge is 0.319 e. The van der Waals surface area contributed by atoms with E-state index < -0.39 is 27.4 Å². The van der Waals surface area contributed by atoms with Crippen molar-refractivity contribution in [1.29, 1.82) is 0 Å². The number of hydrogen-bond donors (Lipinski definition) is 1. The minimum Gasteiger partial charge on any atom is -0.319 e. The van der Waals surface area contributed by atoms with E-state index in [9.17, 15) is 22.0 Å². The Morgan fingerprint density at radius 3 is 2.56 bits per heavy atom. The zero-order chi connectivity index (χ0) is 18.4. The van der Waals surface area contributed by atoms with Gasteiger partial charge in [-0.2, -0.15) is 0 Å². The smallest absolute Gasteiger partial charge is 0.267 e. The number of thiophene rings is 1. The van der Waals surface area contributed by atoms with E-state index in [1.54, 1.807) is 0 Å². The fraction of sp³-hybridized carbons (Fsp3) is 0.0625. The summed E-state index contributed by atoms with van der Waals surface area (Å²) in [4.78, 5) is 12.4. The Morgan fingerprint density at radius 1 is 1.16 bits per heavy atom. The molecule has 3 rings (SSSR count). The van der Waals surface area contributed by atoms with Crippen LogP contribution in [0.5, 0.6) is 0 Å². The lowest BCUT2D eigenvalue weighted by Gasteiger charge is -2.07. The second kappa shape index (κ2) is 6.36. The zero-order valence-corrected chi connectivity index (χ0v) is 15.0. The van der Waals surface area contributed by atoms with Gasteiger partial charge in [0.1, 0.15) is 16.5 Å². The van der Waals surface area contributed by atoms with Gasteiger partial charge in [0.15, 0.2) is 9.84 Å². The van der Waals surface area contributed by atoms with Gasteiger partial charge in [0.05, 0.1) is 15.6 Å². The number of sulfone groups is 1.